The van der Waals surface area contributed by atoms with Crippen LogP contribution < -0.4 is 5.73 Å². The van der Waals surface area contributed by atoms with Gasteiger partial charge in [-0.15, -0.1) is 0 Å². The zero-order valence-electron chi connectivity index (χ0n) is 15.3. The lowest BCUT2D eigenvalue weighted by Crippen LogP contribution is -1.97. The lowest BCUT2D eigenvalue weighted by molar-refractivity contribution is 0.162. The monoisotopic (exact) mass is 301 g/mol. The van der Waals surface area contributed by atoms with Crippen molar-refractivity contribution >= 4 is 0 Å². The second-order valence-electron chi connectivity index (χ2n) is 5.81. The molecule has 0 spiro atoms. The Bertz CT molecular complexity index is 135. The van der Waals surface area contributed by atoms with Crippen molar-refractivity contribution < 1.29 is 4.74 Å². The van der Waals surface area contributed by atoms with E-state index >= 15 is 0 Å². The van der Waals surface area contributed by atoms with Crippen LogP contribution >= 0.6 is 0 Å². The highest BCUT2D eigenvalue weighted by Gasteiger charge is 1.92. The van der Waals surface area contributed by atoms with Crippen LogP contribution in [0.1, 0.15) is 104 Å². The number of nitrogens with two attached hydrogens (primary N) is 1. The van der Waals surface area contributed by atoms with E-state index in [1.54, 1.807) is 0 Å². The quantitative estimate of drug-likeness (QED) is 0.372. The topological polar surface area (TPSA) is 35.2 Å². The molecule has 0 atom stereocenters. The summed E-state index contributed by atoms with van der Waals surface area (Å²) in [7, 11) is 0. The van der Waals surface area contributed by atoms with Gasteiger partial charge in [0.05, 0.1) is 0 Å². The molecule has 0 saturated heterocycles. The maximum absolute atomic E-state index is 5.46. The van der Waals surface area contributed by atoms with Crippen molar-refractivity contribution in [2.45, 2.75) is 104 Å². The number of hydrogen-bond acceptors (Lipinski definition) is 2. The lowest BCUT2D eigenvalue weighted by atomic mass is 10.0. The number of ether oxygens (including phenoxy) is 1. The third-order valence-electron chi connectivity index (χ3n) is 3.72. The molecule has 0 saturated carbocycles. The van der Waals surface area contributed by atoms with Crippen molar-refractivity contribution in [1.82, 2.24) is 0 Å². The van der Waals surface area contributed by atoms with Gasteiger partial charge in [0.15, 0.2) is 0 Å². The van der Waals surface area contributed by atoms with E-state index in [0.29, 0.717) is 0 Å². The fourth-order valence-corrected chi connectivity index (χ4v) is 2.37. The van der Waals surface area contributed by atoms with Crippen molar-refractivity contribution in [3.8, 4) is 0 Å². The van der Waals surface area contributed by atoms with Crippen molar-refractivity contribution in [3.05, 3.63) is 0 Å². The molecule has 0 amide bonds. The molecule has 2 heteroatoms. The summed E-state index contributed by atoms with van der Waals surface area (Å²) in [5.74, 6) is 0. The van der Waals surface area contributed by atoms with Crippen LogP contribution in [0.15, 0.2) is 0 Å². The third-order valence-corrected chi connectivity index (χ3v) is 3.72. The van der Waals surface area contributed by atoms with Gasteiger partial charge in [-0.3, -0.25) is 0 Å². The molecule has 0 heterocycles. The third kappa shape index (κ3) is 28.7. The highest BCUT2D eigenvalue weighted by atomic mass is 16.5. The van der Waals surface area contributed by atoms with Gasteiger partial charge in [0.25, 0.3) is 0 Å². The van der Waals surface area contributed by atoms with E-state index in [-0.39, 0.29) is 0 Å². The number of hydrogen-bond donors (Lipinski definition) is 1. The van der Waals surface area contributed by atoms with Gasteiger partial charge in [-0.25, -0.2) is 0 Å². The van der Waals surface area contributed by atoms with Gasteiger partial charge in [0.2, 0.25) is 0 Å². The first-order valence-corrected chi connectivity index (χ1v) is 9.61. The van der Waals surface area contributed by atoms with Crippen LogP contribution in [0.2, 0.25) is 0 Å². The van der Waals surface area contributed by atoms with Crippen molar-refractivity contribution in [2.24, 2.45) is 5.73 Å². The summed E-state index contributed by atoms with van der Waals surface area (Å²) in [4.78, 5) is 0. The first kappa shape index (κ1) is 23.2. The average molecular weight is 302 g/mol. The van der Waals surface area contributed by atoms with Crippen LogP contribution in [0, 0.1) is 0 Å². The summed E-state index contributed by atoms with van der Waals surface area (Å²) >= 11 is 0. The summed E-state index contributed by atoms with van der Waals surface area (Å²) in [6.45, 7) is 8.82. The van der Waals surface area contributed by atoms with Crippen LogP contribution in [0.4, 0.5) is 0 Å². The molecule has 0 radical (unpaired) electrons. The van der Waals surface area contributed by atoms with E-state index in [9.17, 15) is 0 Å². The predicted octanol–water partition coefficient (Wildman–Crippen LogP) is 6.08. The van der Waals surface area contributed by atoms with Crippen molar-refractivity contribution in [3.63, 3.8) is 0 Å². The molecule has 0 aromatic heterocycles. The van der Waals surface area contributed by atoms with E-state index in [1.807, 2.05) is 13.8 Å². The van der Waals surface area contributed by atoms with Gasteiger partial charge in [-0.1, -0.05) is 84.0 Å². The highest BCUT2D eigenvalue weighted by molar-refractivity contribution is 4.48. The number of rotatable bonds is 15. The largest absolute Gasteiger partial charge is 0.382 e. The second kappa shape index (κ2) is 24.9. The zero-order valence-corrected chi connectivity index (χ0v) is 15.3. The first-order chi connectivity index (χ1) is 10.3. The van der Waals surface area contributed by atoms with E-state index < -0.39 is 0 Å². The molecule has 0 aliphatic rings. The molecule has 0 aromatic rings. The molecule has 0 bridgehead atoms. The summed E-state index contributed by atoms with van der Waals surface area (Å²) in [5, 5.41) is 0. The summed E-state index contributed by atoms with van der Waals surface area (Å²) in [6.07, 6.45) is 18.4. The Hall–Kier alpha value is -0.0800. The minimum atomic E-state index is 0.844. The Labute approximate surface area is 135 Å². The van der Waals surface area contributed by atoms with Crippen LogP contribution in [0.3, 0.4) is 0 Å². The fourth-order valence-electron chi connectivity index (χ4n) is 2.37. The van der Waals surface area contributed by atoms with Crippen LogP contribution in [-0.2, 0) is 4.74 Å². The van der Waals surface area contributed by atoms with Gasteiger partial charge in [-0.2, -0.15) is 0 Å². The molecule has 21 heavy (non-hydrogen) atoms. The molecule has 0 rings (SSSR count). The van der Waals surface area contributed by atoms with Crippen molar-refractivity contribution in [2.75, 3.05) is 19.8 Å². The Balaban J connectivity index is 0. The Morgan fingerprint density at radius 1 is 0.524 bits per heavy atom. The van der Waals surface area contributed by atoms with Gasteiger partial charge in [-0.05, 0) is 26.8 Å². The number of unbranched alkanes of at least 4 members (excludes halogenated alkanes) is 12. The second-order valence-corrected chi connectivity index (χ2v) is 5.81. The SMILES string of the molecule is CCCCCCCCCCCCCCCN.CCOCC. The lowest BCUT2D eigenvalue weighted by Gasteiger charge is -2.02. The maximum Gasteiger partial charge on any atom is 0.0437 e. The zero-order chi connectivity index (χ0) is 16.0. The Morgan fingerprint density at radius 3 is 1.10 bits per heavy atom. The Kier molecular flexibility index (Phi) is 27.5. The molecule has 2 nitrogen and oxygen atoms in total. The average Bonchev–Trinajstić information content (AvgIpc) is 2.50. The smallest absolute Gasteiger partial charge is 0.0437 e. The molecular formula is C19H43NO. The molecule has 0 aromatic carbocycles. The van der Waals surface area contributed by atoms with Gasteiger partial charge in [0.1, 0.15) is 0 Å². The van der Waals surface area contributed by atoms with E-state index in [1.165, 1.54) is 83.5 Å². The predicted molar refractivity (Wildman–Crippen MR) is 96.9 cm³/mol. The van der Waals surface area contributed by atoms with E-state index in [4.69, 9.17) is 10.5 Å². The molecule has 0 unspecified atom stereocenters. The van der Waals surface area contributed by atoms with E-state index in [2.05, 4.69) is 6.92 Å². The molecule has 130 valence electrons. The minimum absolute atomic E-state index is 0.844. The van der Waals surface area contributed by atoms with Crippen LogP contribution in [-0.4, -0.2) is 19.8 Å². The summed E-state index contributed by atoms with van der Waals surface area (Å²) in [5.41, 5.74) is 5.46. The Morgan fingerprint density at radius 2 is 0.857 bits per heavy atom. The first-order valence-electron chi connectivity index (χ1n) is 9.61. The fraction of sp³-hybridized carbons (Fsp3) is 1.00. The van der Waals surface area contributed by atoms with Crippen molar-refractivity contribution in [1.29, 1.82) is 0 Å². The highest BCUT2D eigenvalue weighted by Crippen LogP contribution is 2.12. The molecule has 0 aliphatic carbocycles. The molecule has 0 aliphatic heterocycles. The summed E-state index contributed by atoms with van der Waals surface area (Å²) < 4.78 is 4.83. The minimum Gasteiger partial charge on any atom is -0.382 e. The van der Waals surface area contributed by atoms with Gasteiger partial charge < -0.3 is 10.5 Å². The van der Waals surface area contributed by atoms with Crippen LogP contribution in [0.5, 0.6) is 0 Å². The molecule has 2 N–H and O–H groups in total. The maximum atomic E-state index is 5.46. The summed E-state index contributed by atoms with van der Waals surface area (Å²) in [6, 6.07) is 0. The van der Waals surface area contributed by atoms with Gasteiger partial charge in [0, 0.05) is 13.2 Å². The van der Waals surface area contributed by atoms with Crippen LogP contribution in [0.25, 0.3) is 0 Å². The van der Waals surface area contributed by atoms with E-state index in [0.717, 1.165) is 19.8 Å². The normalized spacial score (nSPS) is 10.3. The molecular weight excluding hydrogens is 258 g/mol. The molecule has 0 fully saturated rings. The van der Waals surface area contributed by atoms with Gasteiger partial charge >= 0.3 is 0 Å². The standard InChI is InChI=1S/C15H33N.C4H10O/c1-2-3-4-5-6-7-8-9-10-11-12-13-14-15-16;1-3-5-4-2/h2-16H2,1H3;3-4H2,1-2H3.